The van der Waals surface area contributed by atoms with Crippen LogP contribution < -0.4 is 0 Å². The Morgan fingerprint density at radius 3 is 2.48 bits per heavy atom. The van der Waals surface area contributed by atoms with E-state index in [0.29, 0.717) is 18.9 Å². The van der Waals surface area contributed by atoms with Crippen molar-refractivity contribution in [2.45, 2.75) is 49.7 Å². The highest BCUT2D eigenvalue weighted by Crippen LogP contribution is 2.36. The maximum atomic E-state index is 13.0. The molecular formula is C13H17F3N2O2S. The van der Waals surface area contributed by atoms with E-state index in [0.717, 1.165) is 25.2 Å². The summed E-state index contributed by atoms with van der Waals surface area (Å²) in [6.07, 6.45) is 0.193. The van der Waals surface area contributed by atoms with E-state index >= 15 is 0 Å². The van der Waals surface area contributed by atoms with Crippen molar-refractivity contribution in [3.63, 3.8) is 0 Å². The molecule has 8 heteroatoms. The van der Waals surface area contributed by atoms with Gasteiger partial charge in [0.2, 0.25) is 10.0 Å². The number of pyridine rings is 1. The maximum Gasteiger partial charge on any atom is 0.417 e. The Hall–Kier alpha value is -1.15. The Labute approximate surface area is 122 Å². The highest BCUT2D eigenvalue weighted by Gasteiger charge is 2.40. The molecule has 4 nitrogen and oxygen atoms in total. The zero-order valence-corrected chi connectivity index (χ0v) is 12.4. The molecule has 0 bridgehead atoms. The zero-order chi connectivity index (χ0) is 15.7. The molecular weight excluding hydrogens is 305 g/mol. The first-order valence-electron chi connectivity index (χ1n) is 6.81. The van der Waals surface area contributed by atoms with Crippen molar-refractivity contribution in [2.24, 2.45) is 0 Å². The average Bonchev–Trinajstić information content (AvgIpc) is 2.92. The summed E-state index contributed by atoms with van der Waals surface area (Å²) in [5.41, 5.74) is -1.16. The van der Waals surface area contributed by atoms with Crippen LogP contribution >= 0.6 is 0 Å². The quantitative estimate of drug-likeness (QED) is 0.856. The van der Waals surface area contributed by atoms with Crippen LogP contribution in [-0.4, -0.2) is 30.3 Å². The summed E-state index contributed by atoms with van der Waals surface area (Å²) in [4.78, 5) is 2.80. The molecule has 0 aliphatic heterocycles. The minimum atomic E-state index is -4.72. The van der Waals surface area contributed by atoms with Crippen molar-refractivity contribution < 1.29 is 21.6 Å². The lowest BCUT2D eigenvalue weighted by atomic mass is 10.2. The topological polar surface area (TPSA) is 50.3 Å². The molecule has 0 unspecified atom stereocenters. The van der Waals surface area contributed by atoms with Crippen LogP contribution in [0.1, 0.15) is 38.2 Å². The normalized spacial score (nSPS) is 17.6. The van der Waals surface area contributed by atoms with E-state index in [-0.39, 0.29) is 12.6 Å². The molecule has 0 radical (unpaired) electrons. The molecule has 118 valence electrons. The van der Waals surface area contributed by atoms with Gasteiger partial charge in [-0.15, -0.1) is 0 Å². The number of hydrogen-bond donors (Lipinski definition) is 0. The van der Waals surface area contributed by atoms with Gasteiger partial charge in [0.1, 0.15) is 4.90 Å². The van der Waals surface area contributed by atoms with Gasteiger partial charge >= 0.3 is 6.18 Å². The lowest BCUT2D eigenvalue weighted by molar-refractivity contribution is -0.140. The third-order valence-corrected chi connectivity index (χ3v) is 5.78. The van der Waals surface area contributed by atoms with Gasteiger partial charge in [-0.1, -0.05) is 19.8 Å². The van der Waals surface area contributed by atoms with Crippen LogP contribution in [0.15, 0.2) is 23.4 Å². The van der Waals surface area contributed by atoms with Gasteiger partial charge in [0.05, 0.1) is 5.56 Å². The van der Waals surface area contributed by atoms with Crippen molar-refractivity contribution in [3.05, 3.63) is 24.0 Å². The first kappa shape index (κ1) is 16.2. The molecule has 1 aliphatic rings. The molecule has 2 rings (SSSR count). The van der Waals surface area contributed by atoms with E-state index in [2.05, 4.69) is 4.98 Å². The van der Waals surface area contributed by atoms with Crippen LogP contribution in [0, 0.1) is 0 Å². The second kappa shape index (κ2) is 5.92. The van der Waals surface area contributed by atoms with Crippen molar-refractivity contribution in [2.75, 3.05) is 6.54 Å². The van der Waals surface area contributed by atoms with Gasteiger partial charge in [0, 0.05) is 25.0 Å². The van der Waals surface area contributed by atoms with Crippen LogP contribution in [-0.2, 0) is 16.2 Å². The lowest BCUT2D eigenvalue weighted by Gasteiger charge is -2.27. The van der Waals surface area contributed by atoms with Crippen molar-refractivity contribution in [1.29, 1.82) is 0 Å². The van der Waals surface area contributed by atoms with E-state index in [1.165, 1.54) is 4.31 Å². The van der Waals surface area contributed by atoms with E-state index < -0.39 is 26.7 Å². The lowest BCUT2D eigenvalue weighted by Crippen LogP contribution is -2.39. The fourth-order valence-electron chi connectivity index (χ4n) is 2.76. The maximum absolute atomic E-state index is 13.0. The van der Waals surface area contributed by atoms with E-state index in [1.54, 1.807) is 6.92 Å². The minimum Gasteiger partial charge on any atom is -0.263 e. The average molecular weight is 322 g/mol. The van der Waals surface area contributed by atoms with Gasteiger partial charge in [0.25, 0.3) is 0 Å². The Kier molecular flexibility index (Phi) is 4.57. The molecule has 1 aromatic rings. The Bertz CT molecular complexity index is 596. The van der Waals surface area contributed by atoms with Crippen LogP contribution in [0.3, 0.4) is 0 Å². The Morgan fingerprint density at radius 2 is 1.95 bits per heavy atom. The molecule has 0 N–H and O–H groups in total. The highest BCUT2D eigenvalue weighted by molar-refractivity contribution is 7.89. The van der Waals surface area contributed by atoms with Gasteiger partial charge in [-0.2, -0.15) is 17.5 Å². The molecule has 21 heavy (non-hydrogen) atoms. The second-order valence-corrected chi connectivity index (χ2v) is 6.88. The summed E-state index contributed by atoms with van der Waals surface area (Å²) < 4.78 is 65.4. The molecule has 1 fully saturated rings. The summed E-state index contributed by atoms with van der Waals surface area (Å²) in [6, 6.07) is 0.483. The van der Waals surface area contributed by atoms with Gasteiger partial charge in [0.15, 0.2) is 0 Å². The predicted octanol–water partition coefficient (Wildman–Crippen LogP) is 3.05. The number of sulfonamides is 1. The summed E-state index contributed by atoms with van der Waals surface area (Å²) in [5, 5.41) is 0. The van der Waals surface area contributed by atoms with Gasteiger partial charge in [-0.05, 0) is 18.9 Å². The Balaban J connectivity index is 2.48. The van der Waals surface area contributed by atoms with Crippen LogP contribution in [0.4, 0.5) is 13.2 Å². The number of halogens is 3. The van der Waals surface area contributed by atoms with Crippen LogP contribution in [0.2, 0.25) is 0 Å². The van der Waals surface area contributed by atoms with Crippen molar-refractivity contribution >= 4 is 10.0 Å². The summed E-state index contributed by atoms with van der Waals surface area (Å²) in [5.74, 6) is 0. The molecule has 1 heterocycles. The van der Waals surface area contributed by atoms with Crippen molar-refractivity contribution in [1.82, 2.24) is 9.29 Å². The first-order chi connectivity index (χ1) is 9.78. The second-order valence-electron chi connectivity index (χ2n) is 5.02. The third kappa shape index (κ3) is 3.21. The molecule has 1 aromatic heterocycles. The molecule has 1 saturated carbocycles. The third-order valence-electron chi connectivity index (χ3n) is 3.72. The fourth-order valence-corrected chi connectivity index (χ4v) is 4.61. The minimum absolute atomic E-state index is 0.152. The SMILES string of the molecule is CCN(C1CCCC1)S(=O)(=O)c1cnccc1C(F)(F)F. The molecule has 1 aliphatic carbocycles. The zero-order valence-electron chi connectivity index (χ0n) is 11.6. The van der Waals surface area contributed by atoms with E-state index in [4.69, 9.17) is 0 Å². The molecule has 0 spiro atoms. The molecule has 0 amide bonds. The molecule has 0 saturated heterocycles. The highest BCUT2D eigenvalue weighted by atomic mass is 32.2. The monoisotopic (exact) mass is 322 g/mol. The summed E-state index contributed by atoms with van der Waals surface area (Å²) in [7, 11) is -4.20. The summed E-state index contributed by atoms with van der Waals surface area (Å²) >= 11 is 0. The largest absolute Gasteiger partial charge is 0.417 e. The number of aromatic nitrogens is 1. The number of rotatable bonds is 4. The number of nitrogens with zero attached hydrogens (tertiary/aromatic N) is 2. The fraction of sp³-hybridized carbons (Fsp3) is 0.615. The van der Waals surface area contributed by atoms with Gasteiger partial charge < -0.3 is 0 Å². The molecule has 0 aromatic carbocycles. The Morgan fingerprint density at radius 1 is 1.33 bits per heavy atom. The van der Waals surface area contributed by atoms with E-state index in [9.17, 15) is 21.6 Å². The molecule has 0 atom stereocenters. The van der Waals surface area contributed by atoms with Gasteiger partial charge in [-0.3, -0.25) is 4.98 Å². The number of alkyl halides is 3. The van der Waals surface area contributed by atoms with E-state index in [1.807, 2.05) is 0 Å². The standard InChI is InChI=1S/C13H17F3N2O2S/c1-2-18(10-5-3-4-6-10)21(19,20)12-9-17-8-7-11(12)13(14,15)16/h7-10H,2-6H2,1H3. The van der Waals surface area contributed by atoms with Crippen LogP contribution in [0.5, 0.6) is 0 Å². The van der Waals surface area contributed by atoms with Crippen LogP contribution in [0.25, 0.3) is 0 Å². The summed E-state index contributed by atoms with van der Waals surface area (Å²) in [6.45, 7) is 1.79. The van der Waals surface area contributed by atoms with Crippen molar-refractivity contribution in [3.8, 4) is 0 Å². The predicted molar refractivity (Wildman–Crippen MR) is 71.1 cm³/mol. The number of hydrogen-bond acceptors (Lipinski definition) is 3. The van der Waals surface area contributed by atoms with Gasteiger partial charge in [-0.25, -0.2) is 8.42 Å². The first-order valence-corrected chi connectivity index (χ1v) is 8.25. The smallest absolute Gasteiger partial charge is 0.263 e.